The number of hydrogen-bond donors (Lipinski definition) is 2. The molecule has 3 fully saturated rings. The van der Waals surface area contributed by atoms with Gasteiger partial charge in [0.25, 0.3) is 0 Å². The summed E-state index contributed by atoms with van der Waals surface area (Å²) in [5.74, 6) is 0.00459. The molecule has 112 valence electrons. The number of hydrogen-bond acceptors (Lipinski definition) is 4. The predicted octanol–water partition coefficient (Wildman–Crippen LogP) is -1.01. The zero-order valence-corrected chi connectivity index (χ0v) is 11.9. The fraction of sp³-hybridized carbons (Fsp3) is 0.846. The van der Waals surface area contributed by atoms with Crippen molar-refractivity contribution in [2.75, 3.05) is 46.4 Å². The minimum absolute atomic E-state index is 0.00459. The van der Waals surface area contributed by atoms with Gasteiger partial charge in [-0.25, -0.2) is 4.79 Å². The number of rotatable bonds is 1. The highest BCUT2D eigenvalue weighted by molar-refractivity contribution is 5.90. The molecule has 3 aliphatic heterocycles. The Morgan fingerprint density at radius 2 is 2.10 bits per heavy atom. The van der Waals surface area contributed by atoms with Crippen LogP contribution in [0.1, 0.15) is 12.8 Å². The molecule has 2 N–H and O–H groups in total. The van der Waals surface area contributed by atoms with E-state index >= 15 is 0 Å². The molecule has 1 unspecified atom stereocenters. The highest BCUT2D eigenvalue weighted by Crippen LogP contribution is 2.29. The standard InChI is InChI=1S/C13H22N4O3/c1-16-4-2-13(3-5-16)9-17(6-7-20-13)11(18)10-8-14-12(19)15-10/h10H,2-9H2,1H3,(H2,14,15,19). The molecule has 0 aliphatic carbocycles. The Morgan fingerprint density at radius 1 is 1.35 bits per heavy atom. The highest BCUT2D eigenvalue weighted by Gasteiger charge is 2.42. The molecule has 0 aromatic heterocycles. The van der Waals surface area contributed by atoms with E-state index in [9.17, 15) is 9.59 Å². The van der Waals surface area contributed by atoms with Crippen LogP contribution >= 0.6 is 0 Å². The van der Waals surface area contributed by atoms with Crippen LogP contribution in [-0.4, -0.2) is 79.8 Å². The van der Waals surface area contributed by atoms with Gasteiger partial charge in [0.15, 0.2) is 0 Å². The normalized spacial score (nSPS) is 30.1. The minimum atomic E-state index is -0.427. The van der Waals surface area contributed by atoms with Crippen LogP contribution in [0, 0.1) is 0 Å². The van der Waals surface area contributed by atoms with Crippen molar-refractivity contribution in [3.05, 3.63) is 0 Å². The van der Waals surface area contributed by atoms with E-state index in [2.05, 4.69) is 22.6 Å². The number of carbonyl (C=O) groups excluding carboxylic acids is 2. The number of likely N-dealkylation sites (tertiary alicyclic amines) is 1. The Labute approximate surface area is 118 Å². The Bertz CT molecular complexity index is 406. The molecule has 0 aromatic carbocycles. The lowest BCUT2D eigenvalue weighted by Gasteiger charge is -2.47. The van der Waals surface area contributed by atoms with E-state index in [4.69, 9.17) is 4.74 Å². The van der Waals surface area contributed by atoms with Crippen LogP contribution in [-0.2, 0) is 9.53 Å². The summed E-state index contributed by atoms with van der Waals surface area (Å²) >= 11 is 0. The Kier molecular flexibility index (Phi) is 3.55. The van der Waals surface area contributed by atoms with E-state index in [-0.39, 0.29) is 17.5 Å². The second-order valence-corrected chi connectivity index (χ2v) is 6.00. The van der Waals surface area contributed by atoms with Gasteiger partial charge in [-0.1, -0.05) is 0 Å². The van der Waals surface area contributed by atoms with E-state index in [1.54, 1.807) is 0 Å². The van der Waals surface area contributed by atoms with Crippen LogP contribution in [0.3, 0.4) is 0 Å². The number of amides is 3. The number of urea groups is 1. The van der Waals surface area contributed by atoms with Crippen molar-refractivity contribution < 1.29 is 14.3 Å². The van der Waals surface area contributed by atoms with Crippen molar-refractivity contribution in [3.8, 4) is 0 Å². The zero-order valence-electron chi connectivity index (χ0n) is 11.9. The van der Waals surface area contributed by atoms with Crippen LogP contribution in [0.25, 0.3) is 0 Å². The molecule has 7 nitrogen and oxygen atoms in total. The molecule has 3 amide bonds. The molecule has 3 rings (SSSR count). The van der Waals surface area contributed by atoms with Gasteiger partial charge in [-0.05, 0) is 19.9 Å². The van der Waals surface area contributed by atoms with Gasteiger partial charge in [0.2, 0.25) is 5.91 Å². The average molecular weight is 282 g/mol. The summed E-state index contributed by atoms with van der Waals surface area (Å²) in [6.45, 7) is 4.23. The third-order valence-corrected chi connectivity index (χ3v) is 4.53. The lowest BCUT2D eigenvalue weighted by Crippen LogP contribution is -2.60. The molecule has 1 atom stereocenters. The average Bonchev–Trinajstić information content (AvgIpc) is 2.88. The third-order valence-electron chi connectivity index (χ3n) is 4.53. The highest BCUT2D eigenvalue weighted by atomic mass is 16.5. The van der Waals surface area contributed by atoms with E-state index in [1.807, 2.05) is 4.90 Å². The summed E-state index contributed by atoms with van der Waals surface area (Å²) in [7, 11) is 2.11. The van der Waals surface area contributed by atoms with Crippen LogP contribution in [0.4, 0.5) is 4.79 Å². The van der Waals surface area contributed by atoms with Crippen molar-refractivity contribution in [3.63, 3.8) is 0 Å². The number of nitrogens with zero attached hydrogens (tertiary/aromatic N) is 2. The van der Waals surface area contributed by atoms with Crippen molar-refractivity contribution in [1.29, 1.82) is 0 Å². The number of ether oxygens (including phenoxy) is 1. The number of piperidine rings is 1. The topological polar surface area (TPSA) is 73.9 Å². The second-order valence-electron chi connectivity index (χ2n) is 6.00. The summed E-state index contributed by atoms with van der Waals surface area (Å²) in [5.41, 5.74) is -0.184. The van der Waals surface area contributed by atoms with Gasteiger partial charge >= 0.3 is 6.03 Å². The van der Waals surface area contributed by atoms with E-state index in [1.165, 1.54) is 0 Å². The van der Waals surface area contributed by atoms with Crippen molar-refractivity contribution in [2.45, 2.75) is 24.5 Å². The molecule has 0 aromatic rings. The fourth-order valence-electron chi connectivity index (χ4n) is 3.19. The first-order valence-electron chi connectivity index (χ1n) is 7.24. The first-order valence-corrected chi connectivity index (χ1v) is 7.24. The van der Waals surface area contributed by atoms with Crippen LogP contribution in [0.5, 0.6) is 0 Å². The molecule has 20 heavy (non-hydrogen) atoms. The van der Waals surface area contributed by atoms with Gasteiger partial charge in [-0.2, -0.15) is 0 Å². The Morgan fingerprint density at radius 3 is 2.75 bits per heavy atom. The molecule has 0 saturated carbocycles. The van der Waals surface area contributed by atoms with Gasteiger partial charge in [0.1, 0.15) is 6.04 Å². The minimum Gasteiger partial charge on any atom is -0.371 e. The summed E-state index contributed by atoms with van der Waals surface area (Å²) in [6, 6.07) is -0.686. The molecule has 3 aliphatic rings. The molecule has 3 heterocycles. The first-order chi connectivity index (χ1) is 9.58. The smallest absolute Gasteiger partial charge is 0.315 e. The van der Waals surface area contributed by atoms with E-state index in [0.717, 1.165) is 25.9 Å². The van der Waals surface area contributed by atoms with Crippen molar-refractivity contribution in [1.82, 2.24) is 20.4 Å². The Balaban J connectivity index is 1.63. The number of morpholine rings is 1. The van der Waals surface area contributed by atoms with E-state index in [0.29, 0.717) is 26.2 Å². The van der Waals surface area contributed by atoms with Gasteiger partial charge in [-0.3, -0.25) is 4.79 Å². The SMILES string of the molecule is CN1CCC2(CC1)CN(C(=O)C1CNC(=O)N1)CCO2. The molecular weight excluding hydrogens is 260 g/mol. The van der Waals surface area contributed by atoms with Gasteiger partial charge in [0.05, 0.1) is 12.2 Å². The maximum Gasteiger partial charge on any atom is 0.315 e. The third kappa shape index (κ3) is 2.60. The number of carbonyl (C=O) groups is 2. The van der Waals surface area contributed by atoms with Crippen LogP contribution < -0.4 is 10.6 Å². The van der Waals surface area contributed by atoms with Crippen LogP contribution in [0.15, 0.2) is 0 Å². The molecule has 0 bridgehead atoms. The summed E-state index contributed by atoms with van der Waals surface area (Å²) in [4.78, 5) is 27.7. The molecular formula is C13H22N4O3. The van der Waals surface area contributed by atoms with E-state index < -0.39 is 6.04 Å². The van der Waals surface area contributed by atoms with Gasteiger partial charge in [0, 0.05) is 32.7 Å². The second kappa shape index (κ2) is 5.21. The summed E-state index contributed by atoms with van der Waals surface area (Å²) in [5, 5.41) is 5.29. The van der Waals surface area contributed by atoms with Crippen molar-refractivity contribution >= 4 is 11.9 Å². The molecule has 3 saturated heterocycles. The van der Waals surface area contributed by atoms with Gasteiger partial charge < -0.3 is 25.2 Å². The molecule has 0 radical (unpaired) electrons. The quantitative estimate of drug-likeness (QED) is 0.646. The lowest BCUT2D eigenvalue weighted by atomic mass is 9.89. The fourth-order valence-corrected chi connectivity index (χ4v) is 3.19. The summed E-state index contributed by atoms with van der Waals surface area (Å²) in [6.07, 6.45) is 1.92. The largest absolute Gasteiger partial charge is 0.371 e. The summed E-state index contributed by atoms with van der Waals surface area (Å²) < 4.78 is 6.00. The van der Waals surface area contributed by atoms with Crippen molar-refractivity contribution in [2.24, 2.45) is 0 Å². The lowest BCUT2D eigenvalue weighted by molar-refractivity contribution is -0.159. The number of nitrogens with one attached hydrogen (secondary N) is 2. The monoisotopic (exact) mass is 282 g/mol. The molecule has 7 heteroatoms. The zero-order chi connectivity index (χ0) is 14.2. The Hall–Kier alpha value is -1.34. The molecule has 1 spiro atoms. The predicted molar refractivity (Wildman–Crippen MR) is 72.3 cm³/mol. The maximum atomic E-state index is 12.4. The van der Waals surface area contributed by atoms with Gasteiger partial charge in [-0.15, -0.1) is 0 Å². The van der Waals surface area contributed by atoms with Crippen LogP contribution in [0.2, 0.25) is 0 Å². The maximum absolute atomic E-state index is 12.4. The first kappa shape index (κ1) is 13.6.